The highest BCUT2D eigenvalue weighted by Crippen LogP contribution is 2.15. The molecule has 2 rings (SSSR count). The molecule has 8 heteroatoms. The van der Waals surface area contributed by atoms with Crippen molar-refractivity contribution in [3.8, 4) is 0 Å². The Morgan fingerprint density at radius 1 is 1.29 bits per heavy atom. The van der Waals surface area contributed by atoms with Crippen molar-refractivity contribution in [3.63, 3.8) is 0 Å². The van der Waals surface area contributed by atoms with E-state index in [0.29, 0.717) is 12.3 Å². The van der Waals surface area contributed by atoms with Crippen molar-refractivity contribution in [2.75, 3.05) is 0 Å². The minimum atomic E-state index is -3.63. The third-order valence-corrected chi connectivity index (χ3v) is 4.67. The van der Waals surface area contributed by atoms with Crippen LogP contribution in [0.25, 0.3) is 0 Å². The van der Waals surface area contributed by atoms with E-state index in [9.17, 15) is 8.42 Å². The standard InChI is InChI=1S/C13H19N3O3S2/c1-13(2,3)15-6-10-4-5-12(19-10)21(17,18)16-8-11-7-14-9-20-11/h4-5,7,9,15-16H,6,8H2,1-3H3. The highest BCUT2D eigenvalue weighted by molar-refractivity contribution is 7.89. The van der Waals surface area contributed by atoms with Gasteiger partial charge in [0.1, 0.15) is 5.76 Å². The first-order valence-electron chi connectivity index (χ1n) is 6.47. The van der Waals surface area contributed by atoms with Gasteiger partial charge in [0.05, 0.1) is 12.1 Å². The molecule has 0 spiro atoms. The van der Waals surface area contributed by atoms with E-state index in [2.05, 4.69) is 15.0 Å². The third kappa shape index (κ3) is 4.92. The SMILES string of the molecule is CC(C)(C)NCc1ccc(S(=O)(=O)NCc2cncs2)o1. The Labute approximate surface area is 128 Å². The van der Waals surface area contributed by atoms with Gasteiger partial charge in [-0.3, -0.25) is 4.98 Å². The van der Waals surface area contributed by atoms with E-state index < -0.39 is 10.0 Å². The summed E-state index contributed by atoms with van der Waals surface area (Å²) in [6, 6.07) is 3.13. The second kappa shape index (κ2) is 6.27. The summed E-state index contributed by atoms with van der Waals surface area (Å²) in [7, 11) is -3.63. The van der Waals surface area contributed by atoms with Crippen molar-refractivity contribution >= 4 is 21.4 Å². The molecule has 0 aliphatic rings. The number of rotatable bonds is 6. The lowest BCUT2D eigenvalue weighted by Crippen LogP contribution is -2.34. The average molecular weight is 329 g/mol. The fraction of sp³-hybridized carbons (Fsp3) is 0.462. The fourth-order valence-electron chi connectivity index (χ4n) is 1.52. The molecule has 0 radical (unpaired) electrons. The Kier molecular flexibility index (Phi) is 4.82. The second-order valence-electron chi connectivity index (χ2n) is 5.62. The lowest BCUT2D eigenvalue weighted by Gasteiger charge is -2.19. The molecule has 0 aliphatic carbocycles. The summed E-state index contributed by atoms with van der Waals surface area (Å²) in [5.41, 5.74) is 1.60. The fourth-order valence-corrected chi connectivity index (χ4v) is 3.09. The molecule has 116 valence electrons. The van der Waals surface area contributed by atoms with E-state index in [1.807, 2.05) is 20.8 Å². The Balaban J connectivity index is 1.98. The zero-order valence-electron chi connectivity index (χ0n) is 12.2. The van der Waals surface area contributed by atoms with E-state index in [4.69, 9.17) is 4.42 Å². The van der Waals surface area contributed by atoms with E-state index in [0.717, 1.165) is 4.88 Å². The monoisotopic (exact) mass is 329 g/mol. The molecule has 2 N–H and O–H groups in total. The first kappa shape index (κ1) is 16.2. The minimum absolute atomic E-state index is 0.0593. The zero-order valence-corrected chi connectivity index (χ0v) is 13.8. The molecule has 21 heavy (non-hydrogen) atoms. The van der Waals surface area contributed by atoms with Crippen LogP contribution in [0, 0.1) is 0 Å². The van der Waals surface area contributed by atoms with Crippen LogP contribution in [-0.2, 0) is 23.1 Å². The van der Waals surface area contributed by atoms with Crippen LogP contribution in [0.3, 0.4) is 0 Å². The molecule has 0 bridgehead atoms. The smallest absolute Gasteiger partial charge is 0.274 e. The minimum Gasteiger partial charge on any atom is -0.447 e. The van der Waals surface area contributed by atoms with Crippen LogP contribution < -0.4 is 10.0 Å². The van der Waals surface area contributed by atoms with Crippen molar-refractivity contribution in [2.24, 2.45) is 0 Å². The number of hydrogen-bond donors (Lipinski definition) is 2. The van der Waals surface area contributed by atoms with Crippen molar-refractivity contribution in [1.29, 1.82) is 0 Å². The summed E-state index contributed by atoms with van der Waals surface area (Å²) in [5.74, 6) is 0.586. The summed E-state index contributed by atoms with van der Waals surface area (Å²) in [6.07, 6.45) is 1.63. The largest absolute Gasteiger partial charge is 0.447 e. The summed E-state index contributed by atoms with van der Waals surface area (Å²) < 4.78 is 32.1. The number of sulfonamides is 1. The topological polar surface area (TPSA) is 84.2 Å². The van der Waals surface area contributed by atoms with Gasteiger partial charge in [-0.2, -0.15) is 0 Å². The zero-order chi connectivity index (χ0) is 15.5. The number of thiazole rings is 1. The molecule has 2 aromatic heterocycles. The van der Waals surface area contributed by atoms with E-state index in [-0.39, 0.29) is 17.2 Å². The molecule has 2 aromatic rings. The van der Waals surface area contributed by atoms with Gasteiger partial charge in [0.25, 0.3) is 10.0 Å². The van der Waals surface area contributed by atoms with E-state index in [1.54, 1.807) is 17.8 Å². The molecule has 0 saturated heterocycles. The molecule has 6 nitrogen and oxygen atoms in total. The van der Waals surface area contributed by atoms with Crippen LogP contribution in [-0.4, -0.2) is 18.9 Å². The number of hydrogen-bond acceptors (Lipinski definition) is 6. The average Bonchev–Trinajstić information content (AvgIpc) is 3.05. The van der Waals surface area contributed by atoms with Crippen LogP contribution in [0.1, 0.15) is 31.4 Å². The molecule has 0 atom stereocenters. The van der Waals surface area contributed by atoms with Crippen LogP contribution in [0.4, 0.5) is 0 Å². The number of nitrogens with one attached hydrogen (secondary N) is 2. The Morgan fingerprint density at radius 3 is 2.67 bits per heavy atom. The Morgan fingerprint density at radius 2 is 2.05 bits per heavy atom. The molecule has 0 saturated carbocycles. The van der Waals surface area contributed by atoms with Crippen molar-refractivity contribution in [3.05, 3.63) is 34.5 Å². The summed E-state index contributed by atoms with van der Waals surface area (Å²) >= 11 is 1.40. The summed E-state index contributed by atoms with van der Waals surface area (Å²) in [6.45, 7) is 6.79. The maximum absolute atomic E-state index is 12.1. The highest BCUT2D eigenvalue weighted by atomic mass is 32.2. The highest BCUT2D eigenvalue weighted by Gasteiger charge is 2.19. The maximum Gasteiger partial charge on any atom is 0.274 e. The first-order chi connectivity index (χ1) is 9.76. The first-order valence-corrected chi connectivity index (χ1v) is 8.83. The van der Waals surface area contributed by atoms with Crippen LogP contribution in [0.2, 0.25) is 0 Å². The molecule has 2 heterocycles. The normalized spacial score (nSPS) is 12.7. The molecule has 0 amide bonds. The molecule has 0 unspecified atom stereocenters. The number of furan rings is 1. The van der Waals surface area contributed by atoms with Crippen LogP contribution >= 0.6 is 11.3 Å². The third-order valence-electron chi connectivity index (χ3n) is 2.61. The summed E-state index contributed by atoms with van der Waals surface area (Å²) in [5, 5.41) is 3.17. The van der Waals surface area contributed by atoms with E-state index >= 15 is 0 Å². The van der Waals surface area contributed by atoms with Crippen LogP contribution in [0.5, 0.6) is 0 Å². The Hall–Kier alpha value is -1.22. The summed E-state index contributed by atoms with van der Waals surface area (Å²) in [4.78, 5) is 4.75. The number of aromatic nitrogens is 1. The lowest BCUT2D eigenvalue weighted by molar-refractivity contribution is 0.359. The van der Waals surface area contributed by atoms with Gasteiger partial charge in [-0.1, -0.05) is 0 Å². The van der Waals surface area contributed by atoms with Crippen molar-refractivity contribution in [2.45, 2.75) is 44.5 Å². The van der Waals surface area contributed by atoms with Crippen molar-refractivity contribution < 1.29 is 12.8 Å². The van der Waals surface area contributed by atoms with Gasteiger partial charge >= 0.3 is 0 Å². The quantitative estimate of drug-likeness (QED) is 0.848. The van der Waals surface area contributed by atoms with Gasteiger partial charge in [0.15, 0.2) is 0 Å². The molecule has 0 fully saturated rings. The van der Waals surface area contributed by atoms with E-state index in [1.165, 1.54) is 17.4 Å². The molecular formula is C13H19N3O3S2. The van der Waals surface area contributed by atoms with Gasteiger partial charge in [-0.05, 0) is 32.9 Å². The Bertz CT molecular complexity index is 670. The predicted octanol–water partition coefficient (Wildman–Crippen LogP) is 2.10. The van der Waals surface area contributed by atoms with Gasteiger partial charge in [-0.25, -0.2) is 13.1 Å². The molecule has 0 aromatic carbocycles. The number of nitrogens with zero attached hydrogens (tertiary/aromatic N) is 1. The van der Waals surface area contributed by atoms with Gasteiger partial charge in [0, 0.05) is 23.2 Å². The predicted molar refractivity (Wildman–Crippen MR) is 81.4 cm³/mol. The molecular weight excluding hydrogens is 310 g/mol. The molecule has 0 aliphatic heterocycles. The lowest BCUT2D eigenvalue weighted by atomic mass is 10.1. The van der Waals surface area contributed by atoms with Gasteiger partial charge in [0.2, 0.25) is 5.09 Å². The van der Waals surface area contributed by atoms with Crippen LogP contribution in [0.15, 0.2) is 33.3 Å². The van der Waals surface area contributed by atoms with Crippen molar-refractivity contribution in [1.82, 2.24) is 15.0 Å². The maximum atomic E-state index is 12.1. The van der Waals surface area contributed by atoms with Gasteiger partial charge in [-0.15, -0.1) is 11.3 Å². The second-order valence-corrected chi connectivity index (χ2v) is 8.29. The van der Waals surface area contributed by atoms with Gasteiger partial charge < -0.3 is 9.73 Å².